The molecule has 0 aliphatic rings. The van der Waals surface area contributed by atoms with E-state index in [9.17, 15) is 4.39 Å². The minimum absolute atomic E-state index is 0.500. The smallest absolute Gasteiger partial charge is 0.109 e. The first-order valence-electron chi connectivity index (χ1n) is 4.61. The lowest BCUT2D eigenvalue weighted by Crippen LogP contribution is -2.11. The molecule has 1 atom stereocenters. The van der Waals surface area contributed by atoms with Gasteiger partial charge in [-0.2, -0.15) is 0 Å². The van der Waals surface area contributed by atoms with Gasteiger partial charge >= 0.3 is 0 Å². The van der Waals surface area contributed by atoms with E-state index in [4.69, 9.17) is 5.73 Å². The lowest BCUT2D eigenvalue weighted by molar-refractivity contribution is 0.437. The molecule has 0 heterocycles. The lowest BCUT2D eigenvalue weighted by Gasteiger charge is -2.08. The molecular formula is C12H12FN. The van der Waals surface area contributed by atoms with E-state index in [1.807, 2.05) is 42.5 Å². The van der Waals surface area contributed by atoms with E-state index in [1.54, 1.807) is 0 Å². The van der Waals surface area contributed by atoms with Crippen LogP contribution in [0.5, 0.6) is 0 Å². The van der Waals surface area contributed by atoms with Gasteiger partial charge in [-0.05, 0) is 22.4 Å². The minimum Gasteiger partial charge on any atom is -0.322 e. The van der Waals surface area contributed by atoms with Crippen LogP contribution in [0.25, 0.3) is 10.8 Å². The predicted octanol–water partition coefficient (Wildman–Crippen LogP) is 2.81. The number of hydrogen-bond acceptors (Lipinski definition) is 1. The summed E-state index contributed by atoms with van der Waals surface area (Å²) < 4.78 is 12.3. The van der Waals surface area contributed by atoms with Gasteiger partial charge in [0, 0.05) is 0 Å². The molecule has 14 heavy (non-hydrogen) atoms. The Morgan fingerprint density at radius 2 is 1.79 bits per heavy atom. The minimum atomic E-state index is -0.516. The Morgan fingerprint density at radius 1 is 1.07 bits per heavy atom. The molecule has 2 aromatic carbocycles. The zero-order chi connectivity index (χ0) is 9.97. The van der Waals surface area contributed by atoms with Gasteiger partial charge in [0.1, 0.15) is 6.67 Å². The van der Waals surface area contributed by atoms with Gasteiger partial charge in [-0.3, -0.25) is 0 Å². The van der Waals surface area contributed by atoms with Gasteiger partial charge in [0.15, 0.2) is 0 Å². The molecule has 0 fully saturated rings. The van der Waals surface area contributed by atoms with Gasteiger partial charge < -0.3 is 5.73 Å². The molecule has 0 aromatic heterocycles. The van der Waals surface area contributed by atoms with E-state index in [0.29, 0.717) is 0 Å². The number of hydrogen-bond donors (Lipinski definition) is 1. The lowest BCUT2D eigenvalue weighted by atomic mass is 10.0. The first-order valence-corrected chi connectivity index (χ1v) is 4.61. The summed E-state index contributed by atoms with van der Waals surface area (Å²) in [6.45, 7) is -0.516. The fourth-order valence-electron chi connectivity index (χ4n) is 1.53. The summed E-state index contributed by atoms with van der Waals surface area (Å²) in [5, 5.41) is 2.26. The molecule has 0 aliphatic heterocycles. The Bertz CT molecular complexity index is 439. The molecule has 2 aromatic rings. The van der Waals surface area contributed by atoms with Crippen LogP contribution in [0.2, 0.25) is 0 Å². The molecule has 2 rings (SSSR count). The van der Waals surface area contributed by atoms with Crippen LogP contribution in [-0.4, -0.2) is 6.67 Å². The maximum atomic E-state index is 12.3. The van der Waals surface area contributed by atoms with Crippen LogP contribution in [0.1, 0.15) is 11.6 Å². The highest BCUT2D eigenvalue weighted by Gasteiger charge is 2.04. The van der Waals surface area contributed by atoms with E-state index in [1.165, 1.54) is 0 Å². The highest BCUT2D eigenvalue weighted by molar-refractivity contribution is 5.83. The Balaban J connectivity index is 2.51. The standard InChI is InChI=1S/C12H12FN/c13-8-12(14)11-6-5-9-3-1-2-4-10(9)7-11/h1-7,12H,8,14H2/t12-/m1/s1. The van der Waals surface area contributed by atoms with Crippen LogP contribution in [0, 0.1) is 0 Å². The number of nitrogens with two attached hydrogens (primary N) is 1. The highest BCUT2D eigenvalue weighted by atomic mass is 19.1. The summed E-state index contributed by atoms with van der Waals surface area (Å²) in [6, 6.07) is 13.3. The average molecular weight is 189 g/mol. The molecule has 0 aliphatic carbocycles. The summed E-state index contributed by atoms with van der Waals surface area (Å²) in [6.07, 6.45) is 0. The number of fused-ring (bicyclic) bond motifs is 1. The van der Waals surface area contributed by atoms with Crippen molar-refractivity contribution in [1.82, 2.24) is 0 Å². The first-order chi connectivity index (χ1) is 6.81. The number of benzene rings is 2. The maximum absolute atomic E-state index is 12.3. The van der Waals surface area contributed by atoms with Crippen LogP contribution in [0.15, 0.2) is 42.5 Å². The number of rotatable bonds is 2. The Labute approximate surface area is 82.3 Å². The van der Waals surface area contributed by atoms with Gasteiger partial charge in [-0.1, -0.05) is 36.4 Å². The van der Waals surface area contributed by atoms with Crippen LogP contribution in [0.3, 0.4) is 0 Å². The third-order valence-electron chi connectivity index (χ3n) is 2.37. The van der Waals surface area contributed by atoms with Crippen LogP contribution >= 0.6 is 0 Å². The summed E-state index contributed by atoms with van der Waals surface area (Å²) in [7, 11) is 0. The van der Waals surface area contributed by atoms with E-state index in [0.717, 1.165) is 16.3 Å². The van der Waals surface area contributed by atoms with Crippen molar-refractivity contribution in [1.29, 1.82) is 0 Å². The van der Waals surface area contributed by atoms with E-state index >= 15 is 0 Å². The van der Waals surface area contributed by atoms with E-state index in [2.05, 4.69) is 0 Å². The zero-order valence-corrected chi connectivity index (χ0v) is 7.78. The molecule has 1 nitrogen and oxygen atoms in total. The highest BCUT2D eigenvalue weighted by Crippen LogP contribution is 2.19. The Morgan fingerprint density at radius 3 is 2.50 bits per heavy atom. The number of halogens is 1. The normalized spacial score (nSPS) is 13.0. The summed E-state index contributed by atoms with van der Waals surface area (Å²) >= 11 is 0. The third kappa shape index (κ3) is 1.61. The molecule has 0 amide bonds. The largest absolute Gasteiger partial charge is 0.322 e. The fraction of sp³-hybridized carbons (Fsp3) is 0.167. The molecule has 2 heteroatoms. The van der Waals surface area contributed by atoms with Crippen molar-refractivity contribution in [2.45, 2.75) is 6.04 Å². The van der Waals surface area contributed by atoms with Crippen molar-refractivity contribution in [3.8, 4) is 0 Å². The molecule has 0 saturated carbocycles. The van der Waals surface area contributed by atoms with Crippen molar-refractivity contribution in [2.75, 3.05) is 6.67 Å². The van der Waals surface area contributed by atoms with Gasteiger partial charge in [0.2, 0.25) is 0 Å². The van der Waals surface area contributed by atoms with Crippen molar-refractivity contribution in [3.05, 3.63) is 48.0 Å². The molecule has 0 bridgehead atoms. The molecule has 0 saturated heterocycles. The van der Waals surface area contributed by atoms with Crippen molar-refractivity contribution in [2.24, 2.45) is 5.73 Å². The maximum Gasteiger partial charge on any atom is 0.109 e. The SMILES string of the molecule is N[C@H](CF)c1ccc2ccccc2c1. The van der Waals surface area contributed by atoms with Gasteiger partial charge in [0.25, 0.3) is 0 Å². The topological polar surface area (TPSA) is 26.0 Å². The van der Waals surface area contributed by atoms with Crippen molar-refractivity contribution < 1.29 is 4.39 Å². The van der Waals surface area contributed by atoms with Gasteiger partial charge in [0.05, 0.1) is 6.04 Å². The van der Waals surface area contributed by atoms with Crippen molar-refractivity contribution >= 4 is 10.8 Å². The summed E-state index contributed by atoms with van der Waals surface area (Å²) in [4.78, 5) is 0. The number of alkyl halides is 1. The van der Waals surface area contributed by atoms with Gasteiger partial charge in [-0.25, -0.2) is 4.39 Å². The molecule has 2 N–H and O–H groups in total. The Kier molecular flexibility index (Phi) is 2.46. The molecule has 0 unspecified atom stereocenters. The molecular weight excluding hydrogens is 177 g/mol. The van der Waals surface area contributed by atoms with Crippen LogP contribution in [-0.2, 0) is 0 Å². The molecule has 0 radical (unpaired) electrons. The second-order valence-electron chi connectivity index (χ2n) is 3.37. The molecule has 72 valence electrons. The monoisotopic (exact) mass is 189 g/mol. The van der Waals surface area contributed by atoms with Crippen LogP contribution in [0.4, 0.5) is 4.39 Å². The second kappa shape index (κ2) is 3.76. The van der Waals surface area contributed by atoms with Crippen molar-refractivity contribution in [3.63, 3.8) is 0 Å². The van der Waals surface area contributed by atoms with Gasteiger partial charge in [-0.15, -0.1) is 0 Å². The second-order valence-corrected chi connectivity index (χ2v) is 3.37. The van der Waals surface area contributed by atoms with E-state index in [-0.39, 0.29) is 0 Å². The Hall–Kier alpha value is -1.41. The summed E-state index contributed by atoms with van der Waals surface area (Å²) in [5.74, 6) is 0. The quantitative estimate of drug-likeness (QED) is 0.772. The van der Waals surface area contributed by atoms with Crippen LogP contribution < -0.4 is 5.73 Å². The first kappa shape index (κ1) is 9.16. The summed E-state index contributed by atoms with van der Waals surface area (Å²) in [5.41, 5.74) is 6.46. The zero-order valence-electron chi connectivity index (χ0n) is 7.78. The third-order valence-corrected chi connectivity index (χ3v) is 2.37. The average Bonchev–Trinajstić information content (AvgIpc) is 2.27. The van der Waals surface area contributed by atoms with E-state index < -0.39 is 12.7 Å². The molecule has 0 spiro atoms. The predicted molar refractivity (Wildman–Crippen MR) is 56.9 cm³/mol. The fourth-order valence-corrected chi connectivity index (χ4v) is 1.53.